The van der Waals surface area contributed by atoms with E-state index < -0.39 is 12.7 Å². The van der Waals surface area contributed by atoms with E-state index in [1.165, 1.54) is 15.8 Å². The number of nitrogens with one attached hydrogen (secondary N) is 2. The number of para-hydroxylation sites is 1. The van der Waals surface area contributed by atoms with E-state index in [0.29, 0.717) is 13.1 Å². The van der Waals surface area contributed by atoms with Crippen molar-refractivity contribution in [2.75, 3.05) is 46.3 Å². The number of aromatic amines is 1. The number of likely N-dealkylation sites (tertiary alicyclic amines) is 1. The molecule has 0 bridgehead atoms. The summed E-state index contributed by atoms with van der Waals surface area (Å²) in [5.41, 5.74) is 2.47. The van der Waals surface area contributed by atoms with Gasteiger partial charge >= 0.3 is 6.18 Å². The average Bonchev–Trinajstić information content (AvgIpc) is 3.34. The Hall–Kier alpha value is -2.22. The largest absolute Gasteiger partial charge is 0.401 e. The summed E-state index contributed by atoms with van der Waals surface area (Å²) < 4.78 is 38.1. The van der Waals surface area contributed by atoms with E-state index >= 15 is 0 Å². The van der Waals surface area contributed by atoms with Crippen LogP contribution in [0.25, 0.3) is 10.9 Å². The number of aromatic nitrogens is 1. The molecule has 166 valence electrons. The molecule has 0 radical (unpaired) electrons. The number of benzene rings is 1. The van der Waals surface area contributed by atoms with Crippen molar-refractivity contribution in [2.45, 2.75) is 32.4 Å². The van der Waals surface area contributed by atoms with E-state index in [2.05, 4.69) is 44.6 Å². The van der Waals surface area contributed by atoms with Crippen molar-refractivity contribution >= 4 is 16.9 Å². The van der Waals surface area contributed by atoms with Crippen molar-refractivity contribution in [1.82, 2.24) is 20.1 Å². The molecule has 30 heavy (non-hydrogen) atoms. The Balaban J connectivity index is 1.43. The predicted octanol–water partition coefficient (Wildman–Crippen LogP) is 3.88. The van der Waals surface area contributed by atoms with E-state index in [0.717, 1.165) is 50.4 Å². The Labute approximate surface area is 176 Å². The van der Waals surface area contributed by atoms with Crippen LogP contribution in [0.1, 0.15) is 25.3 Å². The predicted molar refractivity (Wildman–Crippen MR) is 116 cm³/mol. The summed E-state index contributed by atoms with van der Waals surface area (Å²) in [6, 6.07) is 8.30. The highest BCUT2D eigenvalue weighted by molar-refractivity contribution is 5.83. The molecule has 1 aromatic carbocycles. The fourth-order valence-corrected chi connectivity index (χ4v) is 4.25. The molecule has 0 saturated carbocycles. The third-order valence-corrected chi connectivity index (χ3v) is 5.74. The number of alkyl halides is 3. The summed E-state index contributed by atoms with van der Waals surface area (Å²) in [6.07, 6.45) is 0.777. The van der Waals surface area contributed by atoms with E-state index in [1.54, 1.807) is 14.0 Å². The van der Waals surface area contributed by atoms with Gasteiger partial charge in [-0.1, -0.05) is 25.1 Å². The summed E-state index contributed by atoms with van der Waals surface area (Å²) in [6.45, 7) is 4.23. The number of nitrogens with zero attached hydrogens (tertiary/aromatic N) is 3. The number of halogens is 3. The quantitative estimate of drug-likeness (QED) is 0.385. The van der Waals surface area contributed by atoms with E-state index in [4.69, 9.17) is 0 Å². The third kappa shape index (κ3) is 6.14. The zero-order valence-electron chi connectivity index (χ0n) is 17.8. The van der Waals surface area contributed by atoms with Crippen LogP contribution in [0.3, 0.4) is 0 Å². The number of hydrogen-bond acceptors (Lipinski definition) is 2. The molecule has 1 saturated heterocycles. The molecule has 0 spiro atoms. The van der Waals surface area contributed by atoms with Gasteiger partial charge in [-0.25, -0.2) is 0 Å². The van der Waals surface area contributed by atoms with Crippen LogP contribution in [0.15, 0.2) is 35.5 Å². The van der Waals surface area contributed by atoms with Gasteiger partial charge in [0.1, 0.15) is 0 Å². The maximum absolute atomic E-state index is 12.7. The van der Waals surface area contributed by atoms with Gasteiger partial charge in [0.2, 0.25) is 0 Å². The van der Waals surface area contributed by atoms with Crippen LogP contribution in [0.5, 0.6) is 0 Å². The summed E-state index contributed by atoms with van der Waals surface area (Å²) in [4.78, 5) is 11.3. The van der Waals surface area contributed by atoms with E-state index in [1.807, 2.05) is 6.07 Å². The van der Waals surface area contributed by atoms with Crippen LogP contribution < -0.4 is 5.32 Å². The highest BCUT2D eigenvalue weighted by Gasteiger charge is 2.32. The standard InChI is InChI=1S/C22H32F3N5/c1-3-29(16-22(23,24)25)14-17-10-12-30(15-17)21(26-2)27-11-6-7-18-13-28-20-9-5-4-8-19(18)20/h4-5,8-9,13,17,28H,3,6-7,10-12,14-16H2,1-2H3,(H,26,27). The Bertz CT molecular complexity index is 830. The first-order chi connectivity index (χ1) is 14.4. The number of fused-ring (bicyclic) bond motifs is 1. The number of hydrogen-bond donors (Lipinski definition) is 2. The van der Waals surface area contributed by atoms with Crippen LogP contribution in [0, 0.1) is 5.92 Å². The molecule has 0 amide bonds. The Morgan fingerprint density at radius 1 is 1.33 bits per heavy atom. The summed E-state index contributed by atoms with van der Waals surface area (Å²) in [5.74, 6) is 1.08. The maximum atomic E-state index is 12.7. The van der Waals surface area contributed by atoms with Crippen molar-refractivity contribution < 1.29 is 13.2 Å². The van der Waals surface area contributed by atoms with Crippen molar-refractivity contribution in [3.63, 3.8) is 0 Å². The monoisotopic (exact) mass is 423 g/mol. The molecule has 1 aromatic heterocycles. The van der Waals surface area contributed by atoms with Gasteiger partial charge in [-0.05, 0) is 43.4 Å². The minimum absolute atomic E-state index is 0.233. The second kappa shape index (κ2) is 10.2. The molecule has 1 aliphatic heterocycles. The lowest BCUT2D eigenvalue weighted by Crippen LogP contribution is -2.42. The molecule has 8 heteroatoms. The lowest BCUT2D eigenvalue weighted by atomic mass is 10.1. The van der Waals surface area contributed by atoms with E-state index in [9.17, 15) is 13.2 Å². The molecule has 2 heterocycles. The van der Waals surface area contributed by atoms with Crippen molar-refractivity contribution in [3.8, 4) is 0 Å². The van der Waals surface area contributed by atoms with Gasteiger partial charge in [0.15, 0.2) is 5.96 Å². The van der Waals surface area contributed by atoms with Gasteiger partial charge in [-0.15, -0.1) is 0 Å². The minimum atomic E-state index is -4.14. The molecule has 2 N–H and O–H groups in total. The number of aliphatic imine (C=N–C) groups is 1. The Morgan fingerprint density at radius 2 is 2.13 bits per heavy atom. The second-order valence-corrected chi connectivity index (χ2v) is 7.98. The van der Waals surface area contributed by atoms with Crippen LogP contribution in [0.4, 0.5) is 13.2 Å². The summed E-state index contributed by atoms with van der Waals surface area (Å²) in [5, 5.41) is 4.69. The highest BCUT2D eigenvalue weighted by atomic mass is 19.4. The molecule has 1 atom stereocenters. The second-order valence-electron chi connectivity index (χ2n) is 7.98. The maximum Gasteiger partial charge on any atom is 0.401 e. The van der Waals surface area contributed by atoms with E-state index in [-0.39, 0.29) is 5.92 Å². The molecular weight excluding hydrogens is 391 g/mol. The van der Waals surface area contributed by atoms with Crippen LogP contribution >= 0.6 is 0 Å². The van der Waals surface area contributed by atoms with Gasteiger partial charge in [0, 0.05) is 50.3 Å². The normalized spacial score (nSPS) is 18.0. The number of rotatable bonds is 8. The fourth-order valence-electron chi connectivity index (χ4n) is 4.25. The molecular formula is C22H32F3N5. The molecule has 3 rings (SSSR count). The molecule has 0 aliphatic carbocycles. The smallest absolute Gasteiger partial charge is 0.361 e. The first-order valence-electron chi connectivity index (χ1n) is 10.7. The SMILES string of the molecule is CCN(CC1CCN(C(=NC)NCCCc2c[nH]c3ccccc23)C1)CC(F)(F)F. The first kappa shape index (κ1) is 22.5. The number of aryl methyl sites for hydroxylation is 1. The molecule has 5 nitrogen and oxygen atoms in total. The molecule has 1 fully saturated rings. The lowest BCUT2D eigenvalue weighted by molar-refractivity contribution is -0.146. The van der Waals surface area contributed by atoms with Crippen LogP contribution in [0.2, 0.25) is 0 Å². The topological polar surface area (TPSA) is 46.7 Å². The van der Waals surface area contributed by atoms with Gasteiger partial charge < -0.3 is 15.2 Å². The Morgan fingerprint density at radius 3 is 2.87 bits per heavy atom. The minimum Gasteiger partial charge on any atom is -0.361 e. The van der Waals surface area contributed by atoms with Crippen molar-refractivity contribution in [1.29, 1.82) is 0 Å². The fraction of sp³-hybridized carbons (Fsp3) is 0.591. The van der Waals surface area contributed by atoms with Gasteiger partial charge in [0.05, 0.1) is 6.54 Å². The summed E-state index contributed by atoms with van der Waals surface area (Å²) in [7, 11) is 1.76. The van der Waals surface area contributed by atoms with Crippen molar-refractivity contribution in [2.24, 2.45) is 10.9 Å². The van der Waals surface area contributed by atoms with Gasteiger partial charge in [-0.3, -0.25) is 9.89 Å². The third-order valence-electron chi connectivity index (χ3n) is 5.74. The Kier molecular flexibility index (Phi) is 7.64. The molecule has 2 aromatic rings. The zero-order chi connectivity index (χ0) is 21.6. The first-order valence-corrected chi connectivity index (χ1v) is 10.7. The summed E-state index contributed by atoms with van der Waals surface area (Å²) >= 11 is 0. The van der Waals surface area contributed by atoms with Crippen LogP contribution in [-0.2, 0) is 6.42 Å². The van der Waals surface area contributed by atoms with Crippen molar-refractivity contribution in [3.05, 3.63) is 36.0 Å². The molecule has 1 unspecified atom stereocenters. The number of guanidine groups is 1. The van der Waals surface area contributed by atoms with Gasteiger partial charge in [-0.2, -0.15) is 13.2 Å². The number of H-pyrrole nitrogens is 1. The van der Waals surface area contributed by atoms with Crippen LogP contribution in [-0.4, -0.2) is 73.2 Å². The zero-order valence-corrected chi connectivity index (χ0v) is 17.8. The molecule has 1 aliphatic rings. The highest BCUT2D eigenvalue weighted by Crippen LogP contribution is 2.22. The average molecular weight is 424 g/mol. The van der Waals surface area contributed by atoms with Gasteiger partial charge in [0.25, 0.3) is 0 Å². The lowest BCUT2D eigenvalue weighted by Gasteiger charge is -2.26.